The fourth-order valence-electron chi connectivity index (χ4n) is 3.45. The van der Waals surface area contributed by atoms with Crippen LogP contribution < -0.4 is 10.9 Å². The number of fused-ring (bicyclic) bond motifs is 1. The van der Waals surface area contributed by atoms with E-state index in [2.05, 4.69) is 10.4 Å². The molecule has 0 saturated carbocycles. The lowest BCUT2D eigenvalue weighted by Gasteiger charge is -2.18. The molecule has 1 aromatic heterocycles. The predicted molar refractivity (Wildman–Crippen MR) is 122 cm³/mol. The Bertz CT molecular complexity index is 1150. The van der Waals surface area contributed by atoms with E-state index in [1.807, 2.05) is 27.7 Å². The second-order valence-corrected chi connectivity index (χ2v) is 7.78. The second kappa shape index (κ2) is 9.55. The number of amides is 2. The van der Waals surface area contributed by atoms with Crippen LogP contribution >= 0.6 is 0 Å². The largest absolute Gasteiger partial charge is 0.339 e. The fourth-order valence-corrected chi connectivity index (χ4v) is 3.45. The molecular weight excluding hydrogens is 392 g/mol. The third-order valence-electron chi connectivity index (χ3n) is 5.06. The van der Waals surface area contributed by atoms with E-state index in [4.69, 9.17) is 0 Å². The number of nitrogens with zero attached hydrogens (tertiary/aromatic N) is 3. The molecule has 0 bridgehead atoms. The van der Waals surface area contributed by atoms with Gasteiger partial charge in [-0.25, -0.2) is 4.68 Å². The van der Waals surface area contributed by atoms with Crippen molar-refractivity contribution in [1.29, 1.82) is 0 Å². The number of aromatic nitrogens is 2. The Kier molecular flexibility index (Phi) is 6.84. The molecule has 3 rings (SSSR count). The number of hydrogen-bond acceptors (Lipinski definition) is 4. The minimum atomic E-state index is -0.406. The Morgan fingerprint density at radius 3 is 2.19 bits per heavy atom. The van der Waals surface area contributed by atoms with Crippen molar-refractivity contribution < 1.29 is 9.59 Å². The van der Waals surface area contributed by atoms with Gasteiger partial charge in [-0.1, -0.05) is 32.0 Å². The normalized spacial score (nSPS) is 11.0. The molecule has 1 heterocycles. The molecular formula is C24H28N4O3. The third kappa shape index (κ3) is 4.82. The van der Waals surface area contributed by atoms with Gasteiger partial charge in [0, 0.05) is 36.3 Å². The summed E-state index contributed by atoms with van der Waals surface area (Å²) in [4.78, 5) is 40.0. The van der Waals surface area contributed by atoms with E-state index in [1.54, 1.807) is 53.4 Å². The van der Waals surface area contributed by atoms with Crippen LogP contribution in [0.15, 0.2) is 53.3 Å². The molecule has 0 unspecified atom stereocenters. The molecule has 0 saturated heterocycles. The summed E-state index contributed by atoms with van der Waals surface area (Å²) in [5.41, 5.74) is 1.10. The predicted octanol–water partition coefficient (Wildman–Crippen LogP) is 3.79. The third-order valence-corrected chi connectivity index (χ3v) is 5.06. The number of anilines is 1. The number of carbonyl (C=O) groups is 2. The van der Waals surface area contributed by atoms with Gasteiger partial charge >= 0.3 is 0 Å². The molecule has 0 aliphatic carbocycles. The van der Waals surface area contributed by atoms with Crippen molar-refractivity contribution in [2.24, 2.45) is 5.92 Å². The lowest BCUT2D eigenvalue weighted by molar-refractivity contribution is 0.0773. The van der Waals surface area contributed by atoms with Crippen LogP contribution in [-0.4, -0.2) is 39.6 Å². The standard InChI is InChI=1S/C24H28N4O3/c1-5-27(6-2)23(30)17-11-13-18(14-12-17)25-22(29)21-19-9-7-8-10-20(19)24(31)28(26-21)15-16(3)4/h7-14,16H,5-6,15H2,1-4H3,(H,25,29). The van der Waals surface area contributed by atoms with Crippen LogP contribution in [-0.2, 0) is 6.54 Å². The van der Waals surface area contributed by atoms with Crippen molar-refractivity contribution in [2.75, 3.05) is 18.4 Å². The number of rotatable bonds is 7. The Labute approximate surface area is 181 Å². The highest BCUT2D eigenvalue weighted by Gasteiger charge is 2.18. The van der Waals surface area contributed by atoms with Crippen LogP contribution in [0.25, 0.3) is 10.8 Å². The summed E-state index contributed by atoms with van der Waals surface area (Å²) in [6.45, 7) is 9.55. The molecule has 162 valence electrons. The zero-order valence-electron chi connectivity index (χ0n) is 18.4. The Hall–Kier alpha value is -3.48. The number of benzene rings is 2. The summed E-state index contributed by atoms with van der Waals surface area (Å²) in [6, 6.07) is 13.8. The Balaban J connectivity index is 1.91. The quantitative estimate of drug-likeness (QED) is 0.630. The summed E-state index contributed by atoms with van der Waals surface area (Å²) >= 11 is 0. The molecule has 0 radical (unpaired) electrons. The van der Waals surface area contributed by atoms with Gasteiger partial charge in [0.05, 0.1) is 5.39 Å². The van der Waals surface area contributed by atoms with E-state index in [9.17, 15) is 14.4 Å². The average Bonchev–Trinajstić information content (AvgIpc) is 2.76. The van der Waals surface area contributed by atoms with Crippen molar-refractivity contribution in [1.82, 2.24) is 14.7 Å². The van der Waals surface area contributed by atoms with Crippen LogP contribution in [0.3, 0.4) is 0 Å². The topological polar surface area (TPSA) is 84.3 Å². The van der Waals surface area contributed by atoms with Crippen LogP contribution in [0.1, 0.15) is 48.5 Å². The average molecular weight is 421 g/mol. The van der Waals surface area contributed by atoms with Gasteiger partial charge in [-0.2, -0.15) is 5.10 Å². The molecule has 0 fully saturated rings. The zero-order chi connectivity index (χ0) is 22.5. The van der Waals surface area contributed by atoms with Crippen molar-refractivity contribution in [2.45, 2.75) is 34.2 Å². The summed E-state index contributed by atoms with van der Waals surface area (Å²) in [7, 11) is 0. The van der Waals surface area contributed by atoms with E-state index in [1.165, 1.54) is 4.68 Å². The van der Waals surface area contributed by atoms with Gasteiger partial charge in [0.25, 0.3) is 17.4 Å². The Morgan fingerprint density at radius 1 is 1.00 bits per heavy atom. The van der Waals surface area contributed by atoms with Crippen LogP contribution in [0.4, 0.5) is 5.69 Å². The second-order valence-electron chi connectivity index (χ2n) is 7.78. The smallest absolute Gasteiger partial charge is 0.276 e. The van der Waals surface area contributed by atoms with Gasteiger partial charge in [-0.05, 0) is 50.1 Å². The van der Waals surface area contributed by atoms with Gasteiger partial charge < -0.3 is 10.2 Å². The number of nitrogens with one attached hydrogen (secondary N) is 1. The highest BCUT2D eigenvalue weighted by atomic mass is 16.2. The van der Waals surface area contributed by atoms with Crippen molar-refractivity contribution in [3.63, 3.8) is 0 Å². The SMILES string of the molecule is CCN(CC)C(=O)c1ccc(NC(=O)c2nn(CC(C)C)c(=O)c3ccccc23)cc1. The molecule has 0 aliphatic heterocycles. The van der Waals surface area contributed by atoms with E-state index < -0.39 is 5.91 Å². The van der Waals surface area contributed by atoms with Gasteiger partial charge in [0.15, 0.2) is 5.69 Å². The van der Waals surface area contributed by atoms with Crippen LogP contribution in [0.5, 0.6) is 0 Å². The van der Waals surface area contributed by atoms with Crippen molar-refractivity contribution in [3.05, 3.63) is 70.1 Å². The van der Waals surface area contributed by atoms with E-state index in [0.29, 0.717) is 41.7 Å². The number of hydrogen-bond donors (Lipinski definition) is 1. The summed E-state index contributed by atoms with van der Waals surface area (Å²) in [6.07, 6.45) is 0. The lowest BCUT2D eigenvalue weighted by Crippen LogP contribution is -2.30. The monoisotopic (exact) mass is 420 g/mol. The highest BCUT2D eigenvalue weighted by Crippen LogP contribution is 2.17. The first kappa shape index (κ1) is 22.2. The molecule has 7 nitrogen and oxygen atoms in total. The lowest BCUT2D eigenvalue weighted by atomic mass is 10.1. The minimum absolute atomic E-state index is 0.0451. The molecule has 31 heavy (non-hydrogen) atoms. The van der Waals surface area contributed by atoms with Crippen LogP contribution in [0, 0.1) is 5.92 Å². The van der Waals surface area contributed by atoms with Crippen molar-refractivity contribution in [3.8, 4) is 0 Å². The molecule has 0 aliphatic rings. The van der Waals surface area contributed by atoms with Gasteiger partial charge in [0.1, 0.15) is 0 Å². The maximum Gasteiger partial charge on any atom is 0.276 e. The molecule has 1 N–H and O–H groups in total. The summed E-state index contributed by atoms with van der Waals surface area (Å²) in [5, 5.41) is 8.17. The van der Waals surface area contributed by atoms with Gasteiger partial charge in [-0.15, -0.1) is 0 Å². The first-order valence-corrected chi connectivity index (χ1v) is 10.6. The molecule has 2 amide bonds. The molecule has 7 heteroatoms. The first-order valence-electron chi connectivity index (χ1n) is 10.6. The van der Waals surface area contributed by atoms with Crippen LogP contribution in [0.2, 0.25) is 0 Å². The maximum atomic E-state index is 13.0. The molecule has 2 aromatic carbocycles. The fraction of sp³-hybridized carbons (Fsp3) is 0.333. The molecule has 0 spiro atoms. The zero-order valence-corrected chi connectivity index (χ0v) is 18.4. The molecule has 3 aromatic rings. The van der Waals surface area contributed by atoms with Gasteiger partial charge in [0.2, 0.25) is 0 Å². The molecule has 0 atom stereocenters. The first-order chi connectivity index (χ1) is 14.8. The number of carbonyl (C=O) groups excluding carboxylic acids is 2. The maximum absolute atomic E-state index is 13.0. The van der Waals surface area contributed by atoms with E-state index >= 15 is 0 Å². The minimum Gasteiger partial charge on any atom is -0.339 e. The van der Waals surface area contributed by atoms with E-state index in [-0.39, 0.29) is 23.1 Å². The van der Waals surface area contributed by atoms with Crippen molar-refractivity contribution >= 4 is 28.3 Å². The Morgan fingerprint density at radius 2 is 1.61 bits per heavy atom. The summed E-state index contributed by atoms with van der Waals surface area (Å²) in [5.74, 6) is -0.244. The highest BCUT2D eigenvalue weighted by molar-refractivity contribution is 6.11. The van der Waals surface area contributed by atoms with E-state index in [0.717, 1.165) is 0 Å². The summed E-state index contributed by atoms with van der Waals surface area (Å²) < 4.78 is 1.35. The van der Waals surface area contributed by atoms with Gasteiger partial charge in [-0.3, -0.25) is 14.4 Å².